The van der Waals surface area contributed by atoms with E-state index in [1.54, 1.807) is 13.3 Å². The third kappa shape index (κ3) is 3.71. The predicted octanol–water partition coefficient (Wildman–Crippen LogP) is 3.84. The minimum Gasteiger partial charge on any atom is -0.496 e. The fourth-order valence-corrected chi connectivity index (χ4v) is 2.34. The topological polar surface area (TPSA) is 56.8 Å². The van der Waals surface area contributed by atoms with Gasteiger partial charge in [-0.25, -0.2) is 0 Å². The molecule has 0 heterocycles. The molecule has 0 aliphatic heterocycles. The second-order valence-corrected chi connectivity index (χ2v) is 5.39. The zero-order valence-electron chi connectivity index (χ0n) is 12.9. The molecule has 0 unspecified atom stereocenters. The highest BCUT2D eigenvalue weighted by molar-refractivity contribution is 6.32. The van der Waals surface area contributed by atoms with Crippen molar-refractivity contribution < 1.29 is 9.47 Å². The van der Waals surface area contributed by atoms with Gasteiger partial charge in [-0.15, -0.1) is 0 Å². The van der Waals surface area contributed by atoms with E-state index in [2.05, 4.69) is 5.10 Å². The summed E-state index contributed by atoms with van der Waals surface area (Å²) in [5.74, 6) is 6.73. The van der Waals surface area contributed by atoms with Gasteiger partial charge in [0.15, 0.2) is 0 Å². The van der Waals surface area contributed by atoms with Crippen LogP contribution in [0.3, 0.4) is 0 Å². The van der Waals surface area contributed by atoms with Crippen LogP contribution in [0.5, 0.6) is 11.5 Å². The quantitative estimate of drug-likeness (QED) is 0.518. The highest BCUT2D eigenvalue weighted by Crippen LogP contribution is 2.27. The number of hydrazone groups is 1. The molecule has 0 aromatic heterocycles. The molecular formula is C17H19ClN2O2. The lowest BCUT2D eigenvalue weighted by atomic mass is 10.1. The van der Waals surface area contributed by atoms with Gasteiger partial charge in [-0.3, -0.25) is 0 Å². The number of ether oxygens (including phenoxy) is 2. The van der Waals surface area contributed by atoms with E-state index in [9.17, 15) is 0 Å². The van der Waals surface area contributed by atoms with Crippen LogP contribution in [0, 0.1) is 13.8 Å². The van der Waals surface area contributed by atoms with Gasteiger partial charge in [-0.05, 0) is 60.9 Å². The number of methoxy groups -OCH3 is 1. The summed E-state index contributed by atoms with van der Waals surface area (Å²) in [5.41, 5.74) is 3.80. The van der Waals surface area contributed by atoms with Crippen LogP contribution >= 0.6 is 11.6 Å². The molecule has 0 amide bonds. The molecule has 5 heteroatoms. The molecule has 0 bridgehead atoms. The molecule has 0 spiro atoms. The number of rotatable bonds is 5. The standard InChI is InChI=1S/C17H19ClN2O2/c1-11-6-15(7-12(2)17(11)18)22-10-14-8-13(9-20-19)4-5-16(14)21-3/h4-9H,10,19H2,1-3H3. The number of hydrogen-bond donors (Lipinski definition) is 1. The Morgan fingerprint density at radius 1 is 1.18 bits per heavy atom. The van der Waals surface area contributed by atoms with Crippen molar-refractivity contribution in [1.29, 1.82) is 0 Å². The molecule has 116 valence electrons. The summed E-state index contributed by atoms with van der Waals surface area (Å²) in [6, 6.07) is 9.54. The predicted molar refractivity (Wildman–Crippen MR) is 90.0 cm³/mol. The van der Waals surface area contributed by atoms with Crippen LogP contribution in [0.15, 0.2) is 35.4 Å². The first-order chi connectivity index (χ1) is 10.5. The van der Waals surface area contributed by atoms with Gasteiger partial charge in [0.1, 0.15) is 18.1 Å². The third-order valence-corrected chi connectivity index (χ3v) is 3.93. The summed E-state index contributed by atoms with van der Waals surface area (Å²) in [6.07, 6.45) is 1.58. The largest absolute Gasteiger partial charge is 0.496 e. The molecule has 0 atom stereocenters. The maximum Gasteiger partial charge on any atom is 0.125 e. The molecule has 2 aromatic carbocycles. The molecule has 2 aromatic rings. The number of halogens is 1. The smallest absolute Gasteiger partial charge is 0.125 e. The van der Waals surface area contributed by atoms with Crippen molar-refractivity contribution in [3.63, 3.8) is 0 Å². The van der Waals surface area contributed by atoms with Gasteiger partial charge in [0.2, 0.25) is 0 Å². The molecular weight excluding hydrogens is 300 g/mol. The summed E-state index contributed by atoms with van der Waals surface area (Å²) in [5, 5.41) is 4.30. The van der Waals surface area contributed by atoms with E-state index in [4.69, 9.17) is 26.9 Å². The van der Waals surface area contributed by atoms with Crippen molar-refractivity contribution in [1.82, 2.24) is 0 Å². The van der Waals surface area contributed by atoms with Crippen LogP contribution in [0.4, 0.5) is 0 Å². The Kier molecular flexibility index (Phi) is 5.28. The van der Waals surface area contributed by atoms with Crippen LogP contribution in [-0.2, 0) is 6.61 Å². The van der Waals surface area contributed by atoms with E-state index < -0.39 is 0 Å². The van der Waals surface area contributed by atoms with Crippen LogP contribution in [0.25, 0.3) is 0 Å². The fraction of sp³-hybridized carbons (Fsp3) is 0.235. The van der Waals surface area contributed by atoms with Crippen molar-refractivity contribution in [3.05, 3.63) is 57.6 Å². The van der Waals surface area contributed by atoms with Crippen molar-refractivity contribution in [3.8, 4) is 11.5 Å². The van der Waals surface area contributed by atoms with Gasteiger partial charge in [-0.2, -0.15) is 5.10 Å². The summed E-state index contributed by atoms with van der Waals surface area (Å²) in [4.78, 5) is 0. The first-order valence-corrected chi connectivity index (χ1v) is 7.22. The first kappa shape index (κ1) is 16.2. The average Bonchev–Trinajstić information content (AvgIpc) is 2.51. The molecule has 0 aliphatic carbocycles. The van der Waals surface area contributed by atoms with Gasteiger partial charge >= 0.3 is 0 Å². The number of nitrogens with two attached hydrogens (primary N) is 1. The van der Waals surface area contributed by atoms with E-state index in [-0.39, 0.29) is 0 Å². The van der Waals surface area contributed by atoms with Gasteiger partial charge in [0.05, 0.1) is 13.3 Å². The third-order valence-electron chi connectivity index (χ3n) is 3.33. The molecule has 0 aliphatic rings. The number of aryl methyl sites for hydroxylation is 2. The van der Waals surface area contributed by atoms with Gasteiger partial charge in [-0.1, -0.05) is 11.6 Å². The highest BCUT2D eigenvalue weighted by atomic mass is 35.5. The second kappa shape index (κ2) is 7.18. The Morgan fingerprint density at radius 2 is 1.86 bits per heavy atom. The van der Waals surface area contributed by atoms with Crippen LogP contribution in [-0.4, -0.2) is 13.3 Å². The minimum atomic E-state index is 0.385. The number of benzene rings is 2. The monoisotopic (exact) mass is 318 g/mol. The van der Waals surface area contributed by atoms with E-state index in [0.29, 0.717) is 6.61 Å². The molecule has 2 rings (SSSR count). The van der Waals surface area contributed by atoms with Crippen LogP contribution < -0.4 is 15.3 Å². The molecule has 4 nitrogen and oxygen atoms in total. The minimum absolute atomic E-state index is 0.385. The highest BCUT2D eigenvalue weighted by Gasteiger charge is 2.07. The summed E-state index contributed by atoms with van der Waals surface area (Å²) < 4.78 is 11.2. The van der Waals surface area contributed by atoms with Gasteiger partial charge in [0.25, 0.3) is 0 Å². The Labute approximate surface area is 135 Å². The Balaban J connectivity index is 2.22. The number of nitrogens with zero attached hydrogens (tertiary/aromatic N) is 1. The molecule has 22 heavy (non-hydrogen) atoms. The Hall–Kier alpha value is -2.20. The van der Waals surface area contributed by atoms with Crippen LogP contribution in [0.1, 0.15) is 22.3 Å². The molecule has 0 fully saturated rings. The maximum atomic E-state index is 6.17. The van der Waals surface area contributed by atoms with Gasteiger partial charge in [0, 0.05) is 10.6 Å². The zero-order chi connectivity index (χ0) is 16.1. The molecule has 0 radical (unpaired) electrons. The van der Waals surface area contributed by atoms with E-state index >= 15 is 0 Å². The molecule has 0 saturated carbocycles. The lowest BCUT2D eigenvalue weighted by Crippen LogP contribution is -2.01. The SMILES string of the molecule is COc1ccc(C=NN)cc1COc1cc(C)c(Cl)c(C)c1. The van der Waals surface area contributed by atoms with Crippen molar-refractivity contribution in [2.45, 2.75) is 20.5 Å². The van der Waals surface area contributed by atoms with E-state index in [1.807, 2.05) is 44.2 Å². The lowest BCUT2D eigenvalue weighted by molar-refractivity contribution is 0.296. The summed E-state index contributed by atoms with van der Waals surface area (Å²) in [7, 11) is 1.63. The number of hydrogen-bond acceptors (Lipinski definition) is 4. The molecule has 0 saturated heterocycles. The van der Waals surface area contributed by atoms with Gasteiger partial charge < -0.3 is 15.3 Å². The Bertz CT molecular complexity index is 676. The van der Waals surface area contributed by atoms with E-state index in [0.717, 1.165) is 38.8 Å². The first-order valence-electron chi connectivity index (χ1n) is 6.85. The van der Waals surface area contributed by atoms with Crippen molar-refractivity contribution in [2.75, 3.05) is 7.11 Å². The maximum absolute atomic E-state index is 6.17. The normalized spacial score (nSPS) is 10.9. The second-order valence-electron chi connectivity index (χ2n) is 5.01. The summed E-state index contributed by atoms with van der Waals surface area (Å²) in [6.45, 7) is 4.30. The average molecular weight is 319 g/mol. The molecule has 2 N–H and O–H groups in total. The Morgan fingerprint density at radius 3 is 2.45 bits per heavy atom. The summed E-state index contributed by atoms with van der Waals surface area (Å²) >= 11 is 6.17. The zero-order valence-corrected chi connectivity index (χ0v) is 13.6. The van der Waals surface area contributed by atoms with E-state index in [1.165, 1.54) is 0 Å². The lowest BCUT2D eigenvalue weighted by Gasteiger charge is -2.13. The fourth-order valence-electron chi connectivity index (χ4n) is 2.23. The van der Waals surface area contributed by atoms with Crippen LogP contribution in [0.2, 0.25) is 5.02 Å². The van der Waals surface area contributed by atoms with Crippen molar-refractivity contribution >= 4 is 17.8 Å². The van der Waals surface area contributed by atoms with Crippen molar-refractivity contribution in [2.24, 2.45) is 10.9 Å².